The molecule has 6 nitrogen and oxygen atoms in total. The van der Waals surface area contributed by atoms with Crippen LogP contribution in [0.3, 0.4) is 0 Å². The van der Waals surface area contributed by atoms with Crippen molar-refractivity contribution in [2.45, 2.75) is 40.2 Å². The van der Waals surface area contributed by atoms with E-state index in [0.29, 0.717) is 18.4 Å². The largest absolute Gasteiger partial charge is 0.355 e. The molecule has 0 bridgehead atoms. The lowest BCUT2D eigenvalue weighted by atomic mass is 9.92. The van der Waals surface area contributed by atoms with E-state index in [0.717, 1.165) is 19.0 Å². The summed E-state index contributed by atoms with van der Waals surface area (Å²) in [5.41, 5.74) is 0. The minimum absolute atomic E-state index is 0. The molecule has 0 aromatic rings. The summed E-state index contributed by atoms with van der Waals surface area (Å²) in [6.45, 7) is 10.4. The van der Waals surface area contributed by atoms with E-state index in [1.54, 1.807) is 7.05 Å². The van der Waals surface area contributed by atoms with Gasteiger partial charge >= 0.3 is 0 Å². The van der Waals surface area contributed by atoms with Gasteiger partial charge in [-0.05, 0) is 32.1 Å². The van der Waals surface area contributed by atoms with Crippen LogP contribution in [-0.4, -0.2) is 57.8 Å². The normalized spacial score (nSPS) is 23.4. The van der Waals surface area contributed by atoms with Gasteiger partial charge in [-0.15, -0.1) is 24.0 Å². The van der Waals surface area contributed by atoms with Gasteiger partial charge in [-0.3, -0.25) is 4.99 Å². The molecule has 2 atom stereocenters. The van der Waals surface area contributed by atoms with E-state index in [9.17, 15) is 8.42 Å². The molecule has 0 spiro atoms. The Bertz CT molecular complexity index is 444. The number of nitrogens with zero attached hydrogens (tertiary/aromatic N) is 2. The highest BCUT2D eigenvalue weighted by Gasteiger charge is 2.24. The van der Waals surface area contributed by atoms with Gasteiger partial charge in [-0.25, -0.2) is 13.1 Å². The molecule has 1 fully saturated rings. The van der Waals surface area contributed by atoms with Gasteiger partial charge in [0.1, 0.15) is 0 Å². The van der Waals surface area contributed by atoms with E-state index in [-0.39, 0.29) is 35.8 Å². The Hall–Kier alpha value is -0.0900. The van der Waals surface area contributed by atoms with Gasteiger partial charge < -0.3 is 10.2 Å². The molecule has 2 unspecified atom stereocenters. The Morgan fingerprint density at radius 2 is 1.82 bits per heavy atom. The second-order valence-corrected chi connectivity index (χ2v) is 8.29. The Morgan fingerprint density at radius 3 is 2.27 bits per heavy atom. The van der Waals surface area contributed by atoms with Crippen LogP contribution in [0.5, 0.6) is 0 Å². The number of aliphatic imine (C=N–C) groups is 1. The maximum Gasteiger partial charge on any atom is 0.213 e. The Balaban J connectivity index is 0.00000441. The standard InChI is InChI=1S/C14H30N4O2S.HI/c1-11(2)17-21(19,20)7-6-16-14(15-5)18-9-12(3)8-13(4)10-18;/h11-13,17H,6-10H2,1-5H3,(H,15,16);1H. The molecule has 0 saturated carbocycles. The summed E-state index contributed by atoms with van der Waals surface area (Å²) in [7, 11) is -1.48. The van der Waals surface area contributed by atoms with Crippen molar-refractivity contribution < 1.29 is 8.42 Å². The SMILES string of the molecule is CN=C(NCCS(=O)(=O)NC(C)C)N1CC(C)CC(C)C1.I. The van der Waals surface area contributed by atoms with Crippen LogP contribution in [0.4, 0.5) is 0 Å². The van der Waals surface area contributed by atoms with Crippen molar-refractivity contribution in [3.05, 3.63) is 0 Å². The first kappa shape index (κ1) is 21.9. The van der Waals surface area contributed by atoms with Crippen LogP contribution in [0.25, 0.3) is 0 Å². The van der Waals surface area contributed by atoms with Crippen molar-refractivity contribution in [2.24, 2.45) is 16.8 Å². The van der Waals surface area contributed by atoms with E-state index in [4.69, 9.17) is 0 Å². The molecule has 0 aromatic heterocycles. The van der Waals surface area contributed by atoms with Crippen molar-refractivity contribution in [1.82, 2.24) is 14.9 Å². The number of likely N-dealkylation sites (tertiary alicyclic amines) is 1. The lowest BCUT2D eigenvalue weighted by molar-refractivity contribution is 0.209. The summed E-state index contributed by atoms with van der Waals surface area (Å²) in [4.78, 5) is 6.50. The number of sulfonamides is 1. The highest BCUT2D eigenvalue weighted by molar-refractivity contribution is 14.0. The monoisotopic (exact) mass is 446 g/mol. The predicted octanol–water partition coefficient (Wildman–Crippen LogP) is 1.49. The predicted molar refractivity (Wildman–Crippen MR) is 103 cm³/mol. The van der Waals surface area contributed by atoms with Crippen LogP contribution >= 0.6 is 24.0 Å². The summed E-state index contributed by atoms with van der Waals surface area (Å²) in [5.74, 6) is 2.13. The van der Waals surface area contributed by atoms with E-state index >= 15 is 0 Å². The van der Waals surface area contributed by atoms with Gasteiger partial charge in [0.2, 0.25) is 10.0 Å². The Labute approximate surface area is 152 Å². The van der Waals surface area contributed by atoms with Gasteiger partial charge in [0.25, 0.3) is 0 Å². The van der Waals surface area contributed by atoms with E-state index in [2.05, 4.69) is 33.8 Å². The van der Waals surface area contributed by atoms with Crippen molar-refractivity contribution in [3.63, 3.8) is 0 Å². The summed E-state index contributed by atoms with van der Waals surface area (Å²) >= 11 is 0. The Morgan fingerprint density at radius 1 is 1.27 bits per heavy atom. The van der Waals surface area contributed by atoms with Crippen LogP contribution in [0, 0.1) is 11.8 Å². The van der Waals surface area contributed by atoms with Gasteiger partial charge in [-0.1, -0.05) is 13.8 Å². The van der Waals surface area contributed by atoms with Gasteiger partial charge in [-0.2, -0.15) is 0 Å². The molecule has 8 heteroatoms. The van der Waals surface area contributed by atoms with Crippen LogP contribution in [0.2, 0.25) is 0 Å². The summed E-state index contributed by atoms with van der Waals surface area (Å²) in [5, 5.41) is 3.17. The molecule has 132 valence electrons. The Kier molecular flexibility index (Phi) is 9.88. The molecule has 22 heavy (non-hydrogen) atoms. The van der Waals surface area contributed by atoms with Gasteiger partial charge in [0.05, 0.1) is 5.75 Å². The minimum atomic E-state index is -3.22. The van der Waals surface area contributed by atoms with Crippen molar-refractivity contribution >= 4 is 40.0 Å². The number of hydrogen-bond donors (Lipinski definition) is 2. The lowest BCUT2D eigenvalue weighted by Gasteiger charge is -2.37. The topological polar surface area (TPSA) is 73.8 Å². The quantitative estimate of drug-likeness (QED) is 0.381. The second kappa shape index (κ2) is 9.92. The average molecular weight is 446 g/mol. The van der Waals surface area contributed by atoms with Gasteiger partial charge in [0.15, 0.2) is 5.96 Å². The lowest BCUT2D eigenvalue weighted by Crippen LogP contribution is -2.49. The number of hydrogen-bond acceptors (Lipinski definition) is 3. The first-order valence-corrected chi connectivity index (χ1v) is 9.34. The molecular weight excluding hydrogens is 415 g/mol. The third kappa shape index (κ3) is 7.96. The molecule has 1 aliphatic rings. The molecule has 1 saturated heterocycles. The smallest absolute Gasteiger partial charge is 0.213 e. The molecular formula is C14H31IN4O2S. The highest BCUT2D eigenvalue weighted by Crippen LogP contribution is 2.20. The van der Waals surface area contributed by atoms with Crippen molar-refractivity contribution in [3.8, 4) is 0 Å². The molecule has 1 rings (SSSR count). The fourth-order valence-corrected chi connectivity index (χ4v) is 4.09. The first-order chi connectivity index (χ1) is 9.73. The average Bonchev–Trinajstić information content (AvgIpc) is 2.31. The number of halogens is 1. The third-order valence-corrected chi connectivity index (χ3v) is 5.02. The fourth-order valence-electron chi connectivity index (χ4n) is 2.88. The van der Waals surface area contributed by atoms with Gasteiger partial charge in [0, 0.05) is 32.7 Å². The zero-order chi connectivity index (χ0) is 16.0. The van der Waals surface area contributed by atoms with E-state index < -0.39 is 10.0 Å². The van der Waals surface area contributed by atoms with Crippen LogP contribution in [0.1, 0.15) is 34.1 Å². The zero-order valence-electron chi connectivity index (χ0n) is 14.3. The molecule has 0 aliphatic carbocycles. The summed E-state index contributed by atoms with van der Waals surface area (Å²) in [6, 6.07) is -0.0712. The molecule has 0 amide bonds. The minimum Gasteiger partial charge on any atom is -0.355 e. The number of guanidine groups is 1. The third-order valence-electron chi connectivity index (χ3n) is 3.45. The molecule has 2 N–H and O–H groups in total. The van der Waals surface area contributed by atoms with Crippen LogP contribution < -0.4 is 10.0 Å². The highest BCUT2D eigenvalue weighted by atomic mass is 127. The summed E-state index contributed by atoms with van der Waals surface area (Å²) in [6.07, 6.45) is 1.24. The number of rotatable bonds is 5. The second-order valence-electron chi connectivity index (χ2n) is 6.42. The zero-order valence-corrected chi connectivity index (χ0v) is 17.4. The summed E-state index contributed by atoms with van der Waals surface area (Å²) < 4.78 is 26.2. The van der Waals surface area contributed by atoms with Crippen LogP contribution in [-0.2, 0) is 10.0 Å². The molecule has 1 heterocycles. The van der Waals surface area contributed by atoms with Crippen molar-refractivity contribution in [2.75, 3.05) is 32.4 Å². The molecule has 0 radical (unpaired) electrons. The van der Waals surface area contributed by atoms with E-state index in [1.807, 2.05) is 13.8 Å². The fraction of sp³-hybridized carbons (Fsp3) is 0.929. The van der Waals surface area contributed by atoms with Crippen LogP contribution in [0.15, 0.2) is 4.99 Å². The molecule has 0 aromatic carbocycles. The number of nitrogens with one attached hydrogen (secondary N) is 2. The first-order valence-electron chi connectivity index (χ1n) is 7.69. The van der Waals surface area contributed by atoms with E-state index in [1.165, 1.54) is 6.42 Å². The maximum absolute atomic E-state index is 11.8. The molecule has 1 aliphatic heterocycles. The number of piperidine rings is 1. The van der Waals surface area contributed by atoms with Crippen molar-refractivity contribution in [1.29, 1.82) is 0 Å². The maximum atomic E-state index is 11.8.